The largest absolute Gasteiger partial charge is 0.458 e. The Hall–Kier alpha value is -0.790. The standard InChI is InChI=1S/C13H22N2O4S/c1-7-13(18-5,11(17)19-12(2,3)4)6-15-9(16)8(14)10(15)20-7/h7-8,10H,6,14H2,1-5H3/t7?,8?,10-,13?/m1/s1. The molecule has 0 spiro atoms. The minimum Gasteiger partial charge on any atom is -0.458 e. The number of carbonyl (C=O) groups excluding carboxylic acids is 2. The molecule has 2 aliphatic rings. The van der Waals surface area contributed by atoms with E-state index in [-0.39, 0.29) is 23.1 Å². The summed E-state index contributed by atoms with van der Waals surface area (Å²) in [5.74, 6) is -0.571. The Morgan fingerprint density at radius 1 is 1.50 bits per heavy atom. The first-order valence-electron chi connectivity index (χ1n) is 6.62. The highest BCUT2D eigenvalue weighted by atomic mass is 32.2. The van der Waals surface area contributed by atoms with Gasteiger partial charge in [0.2, 0.25) is 5.91 Å². The molecule has 2 N–H and O–H groups in total. The fourth-order valence-electron chi connectivity index (χ4n) is 2.49. The summed E-state index contributed by atoms with van der Waals surface area (Å²) < 4.78 is 11.0. The molecule has 6 nitrogen and oxygen atoms in total. The number of nitrogens with zero attached hydrogens (tertiary/aromatic N) is 1. The lowest BCUT2D eigenvalue weighted by molar-refractivity contribution is -0.187. The predicted octanol–water partition coefficient (Wildman–Crippen LogP) is 0.344. The van der Waals surface area contributed by atoms with Crippen LogP contribution in [0.1, 0.15) is 27.7 Å². The van der Waals surface area contributed by atoms with Crippen molar-refractivity contribution in [2.45, 2.75) is 55.6 Å². The van der Waals surface area contributed by atoms with E-state index in [1.165, 1.54) is 18.9 Å². The first kappa shape index (κ1) is 15.6. The van der Waals surface area contributed by atoms with Crippen LogP contribution in [0, 0.1) is 0 Å². The number of methoxy groups -OCH3 is 1. The number of nitrogens with two attached hydrogens (primary N) is 1. The fraction of sp³-hybridized carbons (Fsp3) is 0.846. The Kier molecular flexibility index (Phi) is 3.81. The van der Waals surface area contributed by atoms with Crippen LogP contribution >= 0.6 is 11.8 Å². The number of carbonyl (C=O) groups is 2. The van der Waals surface area contributed by atoms with E-state index in [1.807, 2.05) is 27.7 Å². The van der Waals surface area contributed by atoms with E-state index in [1.54, 1.807) is 4.90 Å². The maximum absolute atomic E-state index is 12.5. The van der Waals surface area contributed by atoms with Crippen LogP contribution in [-0.2, 0) is 19.1 Å². The van der Waals surface area contributed by atoms with Gasteiger partial charge in [0.15, 0.2) is 5.60 Å². The molecule has 3 unspecified atom stereocenters. The van der Waals surface area contributed by atoms with E-state index in [2.05, 4.69) is 0 Å². The molecule has 0 aliphatic carbocycles. The van der Waals surface area contributed by atoms with Crippen molar-refractivity contribution >= 4 is 23.6 Å². The highest BCUT2D eigenvalue weighted by Gasteiger charge is 2.60. The highest BCUT2D eigenvalue weighted by molar-refractivity contribution is 8.00. The lowest BCUT2D eigenvalue weighted by atomic mass is 9.94. The Bertz CT molecular complexity index is 437. The minimum atomic E-state index is -1.13. The van der Waals surface area contributed by atoms with Gasteiger partial charge in [-0.3, -0.25) is 4.79 Å². The maximum atomic E-state index is 12.5. The van der Waals surface area contributed by atoms with Gasteiger partial charge < -0.3 is 20.1 Å². The second kappa shape index (κ2) is 4.89. The third kappa shape index (κ3) is 2.31. The molecular weight excluding hydrogens is 280 g/mol. The number of fused-ring (bicyclic) bond motifs is 1. The molecule has 0 aromatic carbocycles. The van der Waals surface area contributed by atoms with Gasteiger partial charge in [0.05, 0.1) is 6.54 Å². The number of ether oxygens (including phenoxy) is 2. The van der Waals surface area contributed by atoms with Gasteiger partial charge in [-0.2, -0.15) is 0 Å². The molecule has 114 valence electrons. The van der Waals surface area contributed by atoms with Crippen molar-refractivity contribution in [2.24, 2.45) is 5.73 Å². The molecule has 20 heavy (non-hydrogen) atoms. The van der Waals surface area contributed by atoms with Crippen LogP contribution in [0.5, 0.6) is 0 Å². The summed E-state index contributed by atoms with van der Waals surface area (Å²) in [4.78, 5) is 25.9. The highest BCUT2D eigenvalue weighted by Crippen LogP contribution is 2.44. The van der Waals surface area contributed by atoms with Crippen molar-refractivity contribution < 1.29 is 19.1 Å². The fourth-order valence-corrected chi connectivity index (χ4v) is 4.00. The summed E-state index contributed by atoms with van der Waals surface area (Å²) in [6, 6.07) is -0.476. The smallest absolute Gasteiger partial charge is 0.341 e. The number of thioether (sulfide) groups is 1. The molecule has 0 aromatic rings. The third-order valence-electron chi connectivity index (χ3n) is 3.70. The van der Waals surface area contributed by atoms with Crippen molar-refractivity contribution in [3.8, 4) is 0 Å². The molecule has 2 fully saturated rings. The van der Waals surface area contributed by atoms with Crippen molar-refractivity contribution in [3.05, 3.63) is 0 Å². The lowest BCUT2D eigenvalue weighted by Gasteiger charge is -2.55. The zero-order valence-corrected chi connectivity index (χ0v) is 13.3. The zero-order valence-electron chi connectivity index (χ0n) is 12.5. The van der Waals surface area contributed by atoms with Gasteiger partial charge in [0.25, 0.3) is 0 Å². The Labute approximate surface area is 123 Å². The molecule has 4 atom stereocenters. The first-order chi connectivity index (χ1) is 9.12. The first-order valence-corrected chi connectivity index (χ1v) is 7.57. The van der Waals surface area contributed by atoms with Gasteiger partial charge >= 0.3 is 5.97 Å². The average molecular weight is 302 g/mol. The van der Waals surface area contributed by atoms with Crippen molar-refractivity contribution in [2.75, 3.05) is 13.7 Å². The molecule has 2 saturated heterocycles. The van der Waals surface area contributed by atoms with Gasteiger partial charge in [-0.15, -0.1) is 11.8 Å². The monoisotopic (exact) mass is 302 g/mol. The van der Waals surface area contributed by atoms with Crippen LogP contribution in [0.4, 0.5) is 0 Å². The Morgan fingerprint density at radius 3 is 2.60 bits per heavy atom. The number of esters is 1. The van der Waals surface area contributed by atoms with E-state index >= 15 is 0 Å². The quantitative estimate of drug-likeness (QED) is 0.585. The van der Waals surface area contributed by atoms with Crippen LogP contribution in [0.15, 0.2) is 0 Å². The lowest BCUT2D eigenvalue weighted by Crippen LogP contribution is -2.75. The molecule has 7 heteroatoms. The molecule has 0 bridgehead atoms. The summed E-state index contributed by atoms with van der Waals surface area (Å²) in [7, 11) is 1.48. The number of hydrogen-bond acceptors (Lipinski definition) is 6. The number of amides is 1. The summed E-state index contributed by atoms with van der Waals surface area (Å²) in [6.45, 7) is 7.53. The number of rotatable bonds is 2. The summed E-state index contributed by atoms with van der Waals surface area (Å²) in [6.07, 6.45) is 0. The molecule has 0 radical (unpaired) electrons. The van der Waals surface area contributed by atoms with E-state index in [0.717, 1.165) is 0 Å². The molecule has 2 heterocycles. The van der Waals surface area contributed by atoms with Gasteiger partial charge in [0.1, 0.15) is 17.0 Å². The van der Waals surface area contributed by atoms with Gasteiger partial charge in [-0.25, -0.2) is 4.79 Å². The molecule has 0 saturated carbocycles. The number of β-lactam (4-membered cyclic amide) rings is 1. The van der Waals surface area contributed by atoms with Gasteiger partial charge in [-0.05, 0) is 27.7 Å². The third-order valence-corrected chi connectivity index (χ3v) is 5.31. The van der Waals surface area contributed by atoms with Crippen molar-refractivity contribution in [1.29, 1.82) is 0 Å². The van der Waals surface area contributed by atoms with Crippen LogP contribution in [0.2, 0.25) is 0 Å². The predicted molar refractivity (Wildman–Crippen MR) is 76.1 cm³/mol. The molecule has 1 amide bonds. The van der Waals surface area contributed by atoms with E-state index in [9.17, 15) is 9.59 Å². The maximum Gasteiger partial charge on any atom is 0.341 e. The molecular formula is C13H22N2O4S. The second-order valence-electron chi connectivity index (χ2n) is 6.26. The van der Waals surface area contributed by atoms with E-state index < -0.39 is 23.2 Å². The van der Waals surface area contributed by atoms with Gasteiger partial charge in [0, 0.05) is 12.4 Å². The molecule has 0 aromatic heterocycles. The van der Waals surface area contributed by atoms with E-state index in [0.29, 0.717) is 0 Å². The van der Waals surface area contributed by atoms with Crippen molar-refractivity contribution in [3.63, 3.8) is 0 Å². The van der Waals surface area contributed by atoms with Crippen molar-refractivity contribution in [1.82, 2.24) is 4.90 Å². The molecule has 2 rings (SSSR count). The zero-order chi connectivity index (χ0) is 15.3. The Morgan fingerprint density at radius 2 is 2.10 bits per heavy atom. The summed E-state index contributed by atoms with van der Waals surface area (Å²) in [5, 5.41) is -0.203. The Balaban J connectivity index is 2.22. The SMILES string of the molecule is COC1(C(=O)OC(C)(C)C)CN2C(=O)C(N)[C@H]2SC1C. The molecule has 2 aliphatic heterocycles. The van der Waals surface area contributed by atoms with Gasteiger partial charge in [-0.1, -0.05) is 0 Å². The van der Waals surface area contributed by atoms with E-state index in [4.69, 9.17) is 15.2 Å². The number of hydrogen-bond donors (Lipinski definition) is 1. The van der Waals surface area contributed by atoms with Crippen LogP contribution in [-0.4, -0.2) is 58.3 Å². The minimum absolute atomic E-state index is 0.0665. The summed E-state index contributed by atoms with van der Waals surface area (Å²) >= 11 is 1.49. The normalized spacial score (nSPS) is 37.2. The second-order valence-corrected chi connectivity index (χ2v) is 7.72. The van der Waals surface area contributed by atoms with Crippen LogP contribution < -0.4 is 5.73 Å². The van der Waals surface area contributed by atoms with Crippen LogP contribution in [0.3, 0.4) is 0 Å². The van der Waals surface area contributed by atoms with Crippen LogP contribution in [0.25, 0.3) is 0 Å². The topological polar surface area (TPSA) is 81.9 Å². The average Bonchev–Trinajstić information content (AvgIpc) is 2.35. The summed E-state index contributed by atoms with van der Waals surface area (Å²) in [5.41, 5.74) is 4.05.